The summed E-state index contributed by atoms with van der Waals surface area (Å²) in [6.07, 6.45) is 3.70. The monoisotopic (exact) mass is 518 g/mol. The van der Waals surface area contributed by atoms with E-state index in [1.807, 2.05) is 35.2 Å². The number of nitrogens with two attached hydrogens (primary N) is 2. The molecule has 0 aromatic heterocycles. The van der Waals surface area contributed by atoms with E-state index >= 15 is 0 Å². The molecule has 1 amide bonds. The molecule has 1 heterocycles. The van der Waals surface area contributed by atoms with Gasteiger partial charge in [-0.05, 0) is 96.6 Å². The molecule has 196 valence electrons. The molecular weight excluding hydrogens is 480 g/mol. The van der Waals surface area contributed by atoms with Crippen LogP contribution in [0.4, 0.5) is 0 Å². The Morgan fingerprint density at radius 1 is 1.00 bits per heavy atom. The van der Waals surface area contributed by atoms with Crippen LogP contribution in [0.2, 0.25) is 0 Å². The van der Waals surface area contributed by atoms with E-state index in [4.69, 9.17) is 16.2 Å². The molecule has 1 atom stereocenters. The lowest BCUT2D eigenvalue weighted by Gasteiger charge is -2.34. The maximum Gasteiger partial charge on any atom is 0.240 e. The molecule has 6 nitrogen and oxygen atoms in total. The van der Waals surface area contributed by atoms with Crippen LogP contribution in [-0.2, 0) is 17.8 Å². The standard InChI is InChI=1S/C30H38N4O2S/c1-36-27-10-8-25(9-11-27)26-6-3-7-28(20-26)37-33-29(19-23-4-2-5-24(18-23)21-32)30(35)34-16-13-22(12-15-31)14-17-34/h2-11,18,20,22,29,33H,12-17,19,21,31-32H2,1H3. The van der Waals surface area contributed by atoms with E-state index in [2.05, 4.69) is 47.2 Å². The van der Waals surface area contributed by atoms with Gasteiger partial charge in [-0.15, -0.1) is 0 Å². The first kappa shape index (κ1) is 27.2. The minimum absolute atomic E-state index is 0.156. The molecule has 0 radical (unpaired) electrons. The van der Waals surface area contributed by atoms with E-state index in [1.54, 1.807) is 7.11 Å². The number of nitrogens with zero attached hydrogens (tertiary/aromatic N) is 1. The quantitative estimate of drug-likeness (QED) is 0.321. The number of carbonyl (C=O) groups is 1. The zero-order valence-corrected chi connectivity index (χ0v) is 22.4. The molecule has 0 spiro atoms. The second kappa shape index (κ2) is 13.6. The van der Waals surface area contributed by atoms with Gasteiger partial charge in [0.05, 0.1) is 7.11 Å². The molecule has 7 heteroatoms. The summed E-state index contributed by atoms with van der Waals surface area (Å²) in [5.74, 6) is 1.61. The maximum absolute atomic E-state index is 13.7. The molecule has 1 fully saturated rings. The van der Waals surface area contributed by atoms with Gasteiger partial charge in [0.25, 0.3) is 0 Å². The number of amides is 1. The fourth-order valence-corrected chi connectivity index (χ4v) is 5.65. The largest absolute Gasteiger partial charge is 0.497 e. The topological polar surface area (TPSA) is 93.6 Å². The number of likely N-dealkylation sites (tertiary alicyclic amines) is 1. The summed E-state index contributed by atoms with van der Waals surface area (Å²) in [6.45, 7) is 2.79. The van der Waals surface area contributed by atoms with Gasteiger partial charge >= 0.3 is 0 Å². The SMILES string of the molecule is COc1ccc(-c2cccc(SNC(Cc3cccc(CN)c3)C(=O)N3CCC(CCN)CC3)c2)cc1. The van der Waals surface area contributed by atoms with Gasteiger partial charge in [-0.25, -0.2) is 4.72 Å². The fraction of sp³-hybridized carbons (Fsp3) is 0.367. The Morgan fingerprint density at radius 2 is 1.73 bits per heavy atom. The Balaban J connectivity index is 1.47. The highest BCUT2D eigenvalue weighted by Gasteiger charge is 2.28. The third kappa shape index (κ3) is 7.58. The van der Waals surface area contributed by atoms with E-state index < -0.39 is 0 Å². The Morgan fingerprint density at radius 3 is 2.43 bits per heavy atom. The second-order valence-electron chi connectivity index (χ2n) is 9.60. The van der Waals surface area contributed by atoms with Crippen LogP contribution in [0.5, 0.6) is 5.75 Å². The maximum atomic E-state index is 13.7. The van der Waals surface area contributed by atoms with Crippen LogP contribution in [0.3, 0.4) is 0 Å². The average Bonchev–Trinajstić information content (AvgIpc) is 2.96. The van der Waals surface area contributed by atoms with Crippen molar-refractivity contribution in [2.24, 2.45) is 17.4 Å². The van der Waals surface area contributed by atoms with Crippen LogP contribution in [-0.4, -0.2) is 43.6 Å². The predicted octanol–water partition coefficient (Wildman–Crippen LogP) is 4.62. The molecule has 0 saturated carbocycles. The van der Waals surface area contributed by atoms with Crippen LogP contribution in [0, 0.1) is 5.92 Å². The summed E-state index contributed by atoms with van der Waals surface area (Å²) < 4.78 is 8.79. The average molecular weight is 519 g/mol. The second-order valence-corrected chi connectivity index (χ2v) is 10.5. The lowest BCUT2D eigenvalue weighted by atomic mass is 9.93. The normalized spacial score (nSPS) is 14.9. The third-order valence-electron chi connectivity index (χ3n) is 7.04. The Bertz CT molecular complexity index is 1150. The van der Waals surface area contributed by atoms with Gasteiger partial charge in [-0.3, -0.25) is 4.79 Å². The van der Waals surface area contributed by atoms with E-state index in [0.29, 0.717) is 25.4 Å². The third-order valence-corrected chi connectivity index (χ3v) is 7.93. The number of carbonyl (C=O) groups excluding carboxylic acids is 1. The molecular formula is C30H38N4O2S. The molecule has 1 unspecified atom stereocenters. The summed E-state index contributed by atoms with van der Waals surface area (Å²) in [5.41, 5.74) is 16.1. The number of methoxy groups -OCH3 is 1. The highest BCUT2D eigenvalue weighted by molar-refractivity contribution is 7.97. The van der Waals surface area contributed by atoms with Crippen molar-refractivity contribution in [3.63, 3.8) is 0 Å². The van der Waals surface area contributed by atoms with Gasteiger partial charge in [0.1, 0.15) is 11.8 Å². The number of hydrogen-bond acceptors (Lipinski definition) is 6. The molecule has 3 aromatic rings. The highest BCUT2D eigenvalue weighted by Crippen LogP contribution is 2.27. The van der Waals surface area contributed by atoms with Crippen LogP contribution in [0.1, 0.15) is 30.4 Å². The molecule has 5 N–H and O–H groups in total. The fourth-order valence-electron chi connectivity index (χ4n) is 4.86. The lowest BCUT2D eigenvalue weighted by Crippen LogP contribution is -2.48. The molecule has 1 aliphatic heterocycles. The number of piperidine rings is 1. The van der Waals surface area contributed by atoms with E-state index in [1.165, 1.54) is 11.9 Å². The van der Waals surface area contributed by atoms with Crippen molar-refractivity contribution >= 4 is 17.9 Å². The van der Waals surface area contributed by atoms with E-state index in [-0.39, 0.29) is 11.9 Å². The summed E-state index contributed by atoms with van der Waals surface area (Å²) in [7, 11) is 1.67. The van der Waals surface area contributed by atoms with Gasteiger partial charge in [0, 0.05) is 24.5 Å². The summed E-state index contributed by atoms with van der Waals surface area (Å²) >= 11 is 1.51. The van der Waals surface area contributed by atoms with Crippen LogP contribution in [0.15, 0.2) is 77.7 Å². The molecule has 1 aliphatic rings. The highest BCUT2D eigenvalue weighted by atomic mass is 32.2. The van der Waals surface area contributed by atoms with Crippen molar-refractivity contribution in [2.45, 2.75) is 43.2 Å². The number of benzene rings is 3. The first-order valence-electron chi connectivity index (χ1n) is 13.0. The van der Waals surface area contributed by atoms with Gasteiger partial charge in [-0.1, -0.05) is 48.5 Å². The molecule has 37 heavy (non-hydrogen) atoms. The van der Waals surface area contributed by atoms with Crippen molar-refractivity contribution in [1.29, 1.82) is 0 Å². The lowest BCUT2D eigenvalue weighted by molar-refractivity contribution is -0.134. The van der Waals surface area contributed by atoms with Crippen LogP contribution in [0.25, 0.3) is 11.1 Å². The molecule has 3 aromatic carbocycles. The van der Waals surface area contributed by atoms with Crippen molar-refractivity contribution in [3.8, 4) is 16.9 Å². The summed E-state index contributed by atoms with van der Waals surface area (Å²) in [5, 5.41) is 0. The summed E-state index contributed by atoms with van der Waals surface area (Å²) in [4.78, 5) is 16.8. The van der Waals surface area contributed by atoms with Crippen molar-refractivity contribution in [3.05, 3.63) is 83.9 Å². The number of nitrogens with one attached hydrogen (secondary N) is 1. The smallest absolute Gasteiger partial charge is 0.240 e. The minimum atomic E-state index is -0.339. The Hall–Kier alpha value is -2.84. The van der Waals surface area contributed by atoms with Gasteiger partial charge in [-0.2, -0.15) is 0 Å². The molecule has 4 rings (SSSR count). The van der Waals surface area contributed by atoms with E-state index in [0.717, 1.165) is 65.3 Å². The van der Waals surface area contributed by atoms with Gasteiger partial charge in [0.15, 0.2) is 0 Å². The van der Waals surface area contributed by atoms with Crippen molar-refractivity contribution in [1.82, 2.24) is 9.62 Å². The van der Waals surface area contributed by atoms with Crippen LogP contribution < -0.4 is 20.9 Å². The van der Waals surface area contributed by atoms with E-state index in [9.17, 15) is 4.79 Å². The van der Waals surface area contributed by atoms with Gasteiger partial charge in [0.2, 0.25) is 5.91 Å². The van der Waals surface area contributed by atoms with Crippen molar-refractivity contribution in [2.75, 3.05) is 26.7 Å². The number of hydrogen-bond donors (Lipinski definition) is 3. The number of ether oxygens (including phenoxy) is 1. The Kier molecular flexibility index (Phi) is 10.0. The first-order valence-corrected chi connectivity index (χ1v) is 13.8. The molecule has 0 bridgehead atoms. The molecule has 1 saturated heterocycles. The predicted molar refractivity (Wildman–Crippen MR) is 152 cm³/mol. The zero-order valence-electron chi connectivity index (χ0n) is 21.6. The molecule has 0 aliphatic carbocycles. The number of rotatable bonds is 11. The van der Waals surface area contributed by atoms with Gasteiger partial charge < -0.3 is 21.1 Å². The first-order chi connectivity index (χ1) is 18.1. The van der Waals surface area contributed by atoms with Crippen LogP contribution >= 0.6 is 11.9 Å². The minimum Gasteiger partial charge on any atom is -0.497 e. The zero-order chi connectivity index (χ0) is 26.0. The summed E-state index contributed by atoms with van der Waals surface area (Å²) in [6, 6.07) is 24.3. The Labute approximate surface area is 224 Å². The van der Waals surface area contributed by atoms with Crippen molar-refractivity contribution < 1.29 is 9.53 Å².